The van der Waals surface area contributed by atoms with Crippen molar-refractivity contribution in [2.75, 3.05) is 5.73 Å². The fraction of sp³-hybridized carbons (Fsp3) is 0.143. The van der Waals surface area contributed by atoms with Crippen LogP contribution in [-0.2, 0) is 10.0 Å². The normalized spacial score (nSPS) is 13.1. The van der Waals surface area contributed by atoms with E-state index in [-0.39, 0.29) is 10.6 Å². The van der Waals surface area contributed by atoms with E-state index in [9.17, 15) is 8.42 Å². The first kappa shape index (κ1) is 16.3. The van der Waals surface area contributed by atoms with Gasteiger partial charge in [-0.1, -0.05) is 39.7 Å². The lowest BCUT2D eigenvalue weighted by Gasteiger charge is -2.16. The Kier molecular flexibility index (Phi) is 4.93. The van der Waals surface area contributed by atoms with Crippen LogP contribution in [0.5, 0.6) is 0 Å². The molecule has 0 spiro atoms. The van der Waals surface area contributed by atoms with Crippen molar-refractivity contribution in [3.8, 4) is 0 Å². The van der Waals surface area contributed by atoms with Gasteiger partial charge in [-0.25, -0.2) is 13.1 Å². The molecule has 1 atom stereocenters. The van der Waals surface area contributed by atoms with Crippen LogP contribution in [-0.4, -0.2) is 8.42 Å². The molecule has 0 bridgehead atoms. The van der Waals surface area contributed by atoms with Crippen molar-refractivity contribution in [2.24, 2.45) is 0 Å². The number of nitrogen functional groups attached to an aromatic ring is 1. The van der Waals surface area contributed by atoms with Gasteiger partial charge in [0, 0.05) is 15.5 Å². The zero-order chi connectivity index (χ0) is 15.6. The molecule has 4 nitrogen and oxygen atoms in total. The summed E-state index contributed by atoms with van der Waals surface area (Å²) in [6.07, 6.45) is 0. The maximum atomic E-state index is 12.4. The zero-order valence-electron chi connectivity index (χ0n) is 11.2. The summed E-state index contributed by atoms with van der Waals surface area (Å²) in [6, 6.07) is 11.3. The van der Waals surface area contributed by atoms with Crippen LogP contribution in [0.4, 0.5) is 5.69 Å². The van der Waals surface area contributed by atoms with Gasteiger partial charge in [0.1, 0.15) is 4.90 Å². The fourth-order valence-electron chi connectivity index (χ4n) is 1.90. The summed E-state index contributed by atoms with van der Waals surface area (Å²) in [5.74, 6) is 0. The van der Waals surface area contributed by atoms with Crippen LogP contribution in [0.1, 0.15) is 18.5 Å². The van der Waals surface area contributed by atoms with Crippen LogP contribution in [0.3, 0.4) is 0 Å². The summed E-state index contributed by atoms with van der Waals surface area (Å²) in [5, 5.41) is 0.557. The van der Waals surface area contributed by atoms with Crippen molar-refractivity contribution in [1.29, 1.82) is 0 Å². The molecule has 0 radical (unpaired) electrons. The average Bonchev–Trinajstić information content (AvgIpc) is 2.37. The molecule has 2 aromatic rings. The maximum Gasteiger partial charge on any atom is 0.243 e. The van der Waals surface area contributed by atoms with Crippen molar-refractivity contribution in [3.63, 3.8) is 0 Å². The summed E-state index contributed by atoms with van der Waals surface area (Å²) in [4.78, 5) is 0.0552. The summed E-state index contributed by atoms with van der Waals surface area (Å²) >= 11 is 9.17. The molecule has 112 valence electrons. The highest BCUT2D eigenvalue weighted by Crippen LogP contribution is 2.25. The monoisotopic (exact) mass is 388 g/mol. The first-order valence-electron chi connectivity index (χ1n) is 6.12. The molecule has 0 heterocycles. The van der Waals surface area contributed by atoms with Crippen molar-refractivity contribution in [3.05, 3.63) is 57.5 Å². The Balaban J connectivity index is 2.29. The van der Waals surface area contributed by atoms with Gasteiger partial charge in [-0.15, -0.1) is 0 Å². The molecule has 0 saturated carbocycles. The van der Waals surface area contributed by atoms with E-state index in [4.69, 9.17) is 17.3 Å². The second-order valence-electron chi connectivity index (χ2n) is 4.58. The Morgan fingerprint density at radius 3 is 2.57 bits per heavy atom. The van der Waals surface area contributed by atoms with Gasteiger partial charge in [0.05, 0.1) is 5.69 Å². The van der Waals surface area contributed by atoms with E-state index < -0.39 is 16.1 Å². The number of benzene rings is 2. The standard InChI is InChI=1S/C14H14BrClN2O2S/c1-9(10-3-2-4-12(16)7-10)18-21(19,20)14-6-5-11(15)8-13(14)17/h2-9,18H,17H2,1H3. The Morgan fingerprint density at radius 1 is 1.24 bits per heavy atom. The van der Waals surface area contributed by atoms with Crippen molar-refractivity contribution < 1.29 is 8.42 Å². The van der Waals surface area contributed by atoms with Gasteiger partial charge in [0.2, 0.25) is 10.0 Å². The molecule has 0 aliphatic carbocycles. The smallest absolute Gasteiger partial charge is 0.243 e. The third-order valence-corrected chi connectivity index (χ3v) is 5.28. The molecule has 1 unspecified atom stereocenters. The van der Waals surface area contributed by atoms with E-state index in [1.165, 1.54) is 6.07 Å². The lowest BCUT2D eigenvalue weighted by atomic mass is 10.1. The van der Waals surface area contributed by atoms with Crippen LogP contribution >= 0.6 is 27.5 Å². The highest BCUT2D eigenvalue weighted by Gasteiger charge is 2.21. The third-order valence-electron chi connectivity index (χ3n) is 2.94. The number of halogens is 2. The lowest BCUT2D eigenvalue weighted by Crippen LogP contribution is -2.27. The van der Waals surface area contributed by atoms with E-state index >= 15 is 0 Å². The van der Waals surface area contributed by atoms with Crippen LogP contribution in [0.2, 0.25) is 5.02 Å². The van der Waals surface area contributed by atoms with Crippen molar-refractivity contribution in [1.82, 2.24) is 4.72 Å². The Hall–Kier alpha value is -1.08. The highest BCUT2D eigenvalue weighted by molar-refractivity contribution is 9.10. The quantitative estimate of drug-likeness (QED) is 0.783. The lowest BCUT2D eigenvalue weighted by molar-refractivity contribution is 0.567. The largest absolute Gasteiger partial charge is 0.398 e. The van der Waals surface area contributed by atoms with E-state index in [1.807, 2.05) is 6.07 Å². The van der Waals surface area contributed by atoms with Gasteiger partial charge < -0.3 is 5.73 Å². The molecular formula is C14H14BrClN2O2S. The van der Waals surface area contributed by atoms with Crippen LogP contribution < -0.4 is 10.5 Å². The summed E-state index contributed by atoms with van der Waals surface area (Å²) in [6.45, 7) is 1.75. The average molecular weight is 390 g/mol. The van der Waals surface area contributed by atoms with E-state index in [0.717, 1.165) is 10.0 Å². The Morgan fingerprint density at radius 2 is 1.95 bits per heavy atom. The minimum atomic E-state index is -3.71. The van der Waals surface area contributed by atoms with Gasteiger partial charge in [0.15, 0.2) is 0 Å². The molecule has 0 aliphatic heterocycles. The third kappa shape index (κ3) is 3.97. The van der Waals surface area contributed by atoms with Gasteiger partial charge in [-0.3, -0.25) is 0 Å². The Bertz CT molecular complexity index is 765. The first-order valence-corrected chi connectivity index (χ1v) is 8.78. The van der Waals surface area contributed by atoms with E-state index in [0.29, 0.717) is 5.02 Å². The molecule has 0 aliphatic rings. The first-order chi connectivity index (χ1) is 9.79. The predicted octanol–water partition coefficient (Wildman–Crippen LogP) is 3.72. The number of rotatable bonds is 4. The summed E-state index contributed by atoms with van der Waals surface area (Å²) < 4.78 is 28.1. The molecule has 0 aromatic heterocycles. The SMILES string of the molecule is CC(NS(=O)(=O)c1ccc(Br)cc1N)c1cccc(Cl)c1. The topological polar surface area (TPSA) is 72.2 Å². The number of hydrogen-bond acceptors (Lipinski definition) is 3. The van der Waals surface area contributed by atoms with Gasteiger partial charge in [0.25, 0.3) is 0 Å². The molecule has 0 saturated heterocycles. The molecule has 3 N–H and O–H groups in total. The Labute approximate surface area is 137 Å². The summed E-state index contributed by atoms with van der Waals surface area (Å²) in [7, 11) is -3.71. The molecule has 0 fully saturated rings. The van der Waals surface area contributed by atoms with Crippen LogP contribution in [0, 0.1) is 0 Å². The van der Waals surface area contributed by atoms with Gasteiger partial charge >= 0.3 is 0 Å². The predicted molar refractivity (Wildman–Crippen MR) is 88.7 cm³/mol. The van der Waals surface area contributed by atoms with E-state index in [2.05, 4.69) is 20.7 Å². The van der Waals surface area contributed by atoms with Crippen LogP contribution in [0.15, 0.2) is 51.8 Å². The van der Waals surface area contributed by atoms with Crippen molar-refractivity contribution >= 4 is 43.2 Å². The zero-order valence-corrected chi connectivity index (χ0v) is 14.3. The minimum Gasteiger partial charge on any atom is -0.398 e. The second-order valence-corrected chi connectivity index (χ2v) is 7.61. The summed E-state index contributed by atoms with van der Waals surface area (Å²) in [5.41, 5.74) is 6.75. The number of nitrogens with one attached hydrogen (secondary N) is 1. The number of sulfonamides is 1. The van der Waals surface area contributed by atoms with Crippen LogP contribution in [0.25, 0.3) is 0 Å². The molecule has 7 heteroatoms. The number of anilines is 1. The van der Waals surface area contributed by atoms with Crippen molar-refractivity contribution in [2.45, 2.75) is 17.9 Å². The second kappa shape index (κ2) is 6.36. The molecule has 2 aromatic carbocycles. The maximum absolute atomic E-state index is 12.4. The van der Waals surface area contributed by atoms with Gasteiger partial charge in [-0.05, 0) is 42.8 Å². The molecule has 0 amide bonds. The number of hydrogen-bond donors (Lipinski definition) is 2. The molecule has 21 heavy (non-hydrogen) atoms. The molecular weight excluding hydrogens is 376 g/mol. The minimum absolute atomic E-state index is 0.0552. The van der Waals surface area contributed by atoms with E-state index in [1.54, 1.807) is 37.3 Å². The number of nitrogens with two attached hydrogens (primary N) is 1. The highest BCUT2D eigenvalue weighted by atomic mass is 79.9. The molecule has 2 rings (SSSR count). The fourth-order valence-corrected chi connectivity index (χ4v) is 3.83. The van der Waals surface area contributed by atoms with Gasteiger partial charge in [-0.2, -0.15) is 0 Å².